The van der Waals surface area contributed by atoms with E-state index in [0.717, 1.165) is 103 Å². The Bertz CT molecular complexity index is 1330. The van der Waals surface area contributed by atoms with E-state index < -0.39 is 18.1 Å². The lowest BCUT2D eigenvalue weighted by Gasteiger charge is -2.31. The van der Waals surface area contributed by atoms with Crippen molar-refractivity contribution in [3.8, 4) is 0 Å². The van der Waals surface area contributed by atoms with Crippen LogP contribution in [0.2, 0.25) is 0 Å². The van der Waals surface area contributed by atoms with Crippen LogP contribution in [0.15, 0.2) is 109 Å². The zero-order chi connectivity index (χ0) is 43.5. The number of rotatable bonds is 38. The van der Waals surface area contributed by atoms with Crippen LogP contribution in [-0.4, -0.2) is 80.6 Å². The van der Waals surface area contributed by atoms with E-state index in [9.17, 15) is 19.5 Å². The molecule has 2 unspecified atom stereocenters. The number of carbonyl (C=O) groups excluding carboxylic acids is 2. The van der Waals surface area contributed by atoms with E-state index in [0.29, 0.717) is 19.3 Å². The lowest BCUT2D eigenvalue weighted by molar-refractivity contribution is -0.887. The summed E-state index contributed by atoms with van der Waals surface area (Å²) < 4.78 is 17.2. The Hall–Kier alpha value is -4.01. The summed E-state index contributed by atoms with van der Waals surface area (Å²) in [5, 5.41) is 9.61. The average molecular weight is 821 g/mol. The van der Waals surface area contributed by atoms with E-state index in [4.69, 9.17) is 14.2 Å². The molecule has 0 radical (unpaired) electrons. The number of hydrogen-bond donors (Lipinski definition) is 1. The van der Waals surface area contributed by atoms with Gasteiger partial charge in [-0.3, -0.25) is 9.59 Å². The van der Waals surface area contributed by atoms with Gasteiger partial charge in [0.1, 0.15) is 6.61 Å². The average Bonchev–Trinajstić information content (AvgIpc) is 3.19. The minimum absolute atomic E-state index is 0.0294. The Balaban J connectivity index is 4.39. The van der Waals surface area contributed by atoms with Gasteiger partial charge in [-0.2, -0.15) is 0 Å². The lowest BCUT2D eigenvalue weighted by Crippen LogP contribution is -2.50. The summed E-state index contributed by atoms with van der Waals surface area (Å²) in [7, 11) is 5.49. The first kappa shape index (κ1) is 55.0. The van der Waals surface area contributed by atoms with Gasteiger partial charge in [-0.05, 0) is 96.3 Å². The number of esters is 2. The number of likely N-dealkylation sites (N-methyl/N-ethyl adjacent to an activating group) is 1. The molecular weight excluding hydrogens is 739 g/mol. The van der Waals surface area contributed by atoms with Crippen molar-refractivity contribution in [1.29, 1.82) is 0 Å². The predicted octanol–water partition coefficient (Wildman–Crippen LogP) is 12.5. The third-order valence-electron chi connectivity index (χ3n) is 9.17. The van der Waals surface area contributed by atoms with E-state index in [2.05, 4.69) is 123 Å². The van der Waals surface area contributed by atoms with Crippen LogP contribution in [0.5, 0.6) is 0 Å². The quantitative estimate of drug-likeness (QED) is 0.0287. The third kappa shape index (κ3) is 39.2. The number of quaternary nitrogens is 1. The molecule has 0 saturated heterocycles. The van der Waals surface area contributed by atoms with E-state index in [1.54, 1.807) is 0 Å². The van der Waals surface area contributed by atoms with E-state index >= 15 is 0 Å². The standard InChI is InChI=1S/C51H81NO7/c1-6-8-10-12-14-16-18-20-21-22-23-24-25-26-27-28-29-30-32-33-35-37-39-41-49(53)58-46-47(45-57-44-43-48(51(55)56)52(3,4)5)59-50(54)42-40-38-36-34-31-19-17-15-13-11-9-7-2/h8-11,14-17,20-21,23-24,26-27,29-31,34,47-48H,6-7,12-13,18-19,22,25,28,32-33,35-46H2,1-5H3/p+1/b10-8+,11-9+,16-14+,17-15+,21-20+,24-23+,27-26+,30-29+,34-31+. The maximum atomic E-state index is 12.7. The molecule has 0 heterocycles. The zero-order valence-corrected chi connectivity index (χ0v) is 37.7. The van der Waals surface area contributed by atoms with Gasteiger partial charge in [-0.1, -0.05) is 136 Å². The van der Waals surface area contributed by atoms with Crippen molar-refractivity contribution in [3.05, 3.63) is 109 Å². The molecule has 0 rings (SSSR count). The van der Waals surface area contributed by atoms with Crippen molar-refractivity contribution in [1.82, 2.24) is 0 Å². The lowest BCUT2D eigenvalue weighted by atomic mass is 10.1. The molecule has 0 aliphatic carbocycles. The van der Waals surface area contributed by atoms with Crippen LogP contribution in [-0.2, 0) is 28.6 Å². The second kappa shape index (κ2) is 40.8. The van der Waals surface area contributed by atoms with E-state index in [-0.39, 0.29) is 42.7 Å². The summed E-state index contributed by atoms with van der Waals surface area (Å²) in [5.74, 6) is -1.57. The van der Waals surface area contributed by atoms with Crippen LogP contribution in [0.25, 0.3) is 0 Å². The summed E-state index contributed by atoms with van der Waals surface area (Å²) in [6.07, 6.45) is 55.7. The van der Waals surface area contributed by atoms with Crippen LogP contribution in [0.3, 0.4) is 0 Å². The largest absolute Gasteiger partial charge is 0.477 e. The summed E-state index contributed by atoms with van der Waals surface area (Å²) in [6.45, 7) is 4.40. The van der Waals surface area contributed by atoms with Gasteiger partial charge in [0.05, 0.1) is 34.4 Å². The Labute approximate surface area is 359 Å². The van der Waals surface area contributed by atoms with Gasteiger partial charge >= 0.3 is 17.9 Å². The Morgan fingerprint density at radius 3 is 1.34 bits per heavy atom. The molecule has 0 aliphatic rings. The summed E-state index contributed by atoms with van der Waals surface area (Å²) in [5.41, 5.74) is 0. The SMILES string of the molecule is CC/C=C/C/C=C/C/C=C/C/C=C/C/C=C/C/C=C/CCCCCCC(=O)OCC(COCCC(C(=O)O)[N+](C)(C)C)OC(=O)CCCC/C=C/C/C=C/C/C=C/CC. The number of carbonyl (C=O) groups is 3. The van der Waals surface area contributed by atoms with Gasteiger partial charge in [-0.15, -0.1) is 0 Å². The van der Waals surface area contributed by atoms with Crippen molar-refractivity contribution in [2.75, 3.05) is 41.0 Å². The molecule has 0 spiro atoms. The van der Waals surface area contributed by atoms with Gasteiger partial charge in [-0.25, -0.2) is 4.79 Å². The fraction of sp³-hybridized carbons (Fsp3) is 0.588. The van der Waals surface area contributed by atoms with Crippen molar-refractivity contribution in [2.24, 2.45) is 0 Å². The van der Waals surface area contributed by atoms with Crippen molar-refractivity contribution >= 4 is 17.9 Å². The van der Waals surface area contributed by atoms with Gasteiger partial charge < -0.3 is 23.8 Å². The minimum atomic E-state index is -0.891. The monoisotopic (exact) mass is 821 g/mol. The van der Waals surface area contributed by atoms with Crippen LogP contribution >= 0.6 is 0 Å². The molecule has 0 aliphatic heterocycles. The first-order chi connectivity index (χ1) is 28.6. The fourth-order valence-corrected chi connectivity index (χ4v) is 5.75. The molecule has 0 saturated carbocycles. The summed E-state index contributed by atoms with van der Waals surface area (Å²) in [6, 6.07) is -0.632. The van der Waals surface area contributed by atoms with Crippen LogP contribution in [0.4, 0.5) is 0 Å². The number of allylic oxidation sites excluding steroid dienone is 18. The van der Waals surface area contributed by atoms with Crippen molar-refractivity contribution < 1.29 is 38.2 Å². The number of hydrogen-bond acceptors (Lipinski definition) is 6. The third-order valence-corrected chi connectivity index (χ3v) is 9.17. The Morgan fingerprint density at radius 2 is 0.898 bits per heavy atom. The first-order valence-corrected chi connectivity index (χ1v) is 22.4. The number of carboxylic acid groups (broad SMARTS) is 1. The van der Waals surface area contributed by atoms with Crippen molar-refractivity contribution in [2.45, 2.75) is 154 Å². The maximum absolute atomic E-state index is 12.7. The maximum Gasteiger partial charge on any atom is 0.362 e. The van der Waals surface area contributed by atoms with E-state index in [1.165, 1.54) is 0 Å². The van der Waals surface area contributed by atoms with Crippen molar-refractivity contribution in [3.63, 3.8) is 0 Å². The molecule has 0 bridgehead atoms. The van der Waals surface area contributed by atoms with E-state index in [1.807, 2.05) is 21.1 Å². The molecule has 1 N–H and O–H groups in total. The molecule has 0 amide bonds. The second-order valence-electron chi connectivity index (χ2n) is 15.5. The molecule has 0 fully saturated rings. The highest BCUT2D eigenvalue weighted by Crippen LogP contribution is 2.11. The molecule has 59 heavy (non-hydrogen) atoms. The van der Waals surface area contributed by atoms with Crippen LogP contribution < -0.4 is 0 Å². The second-order valence-corrected chi connectivity index (χ2v) is 15.5. The molecular formula is C51H82NO7+. The minimum Gasteiger partial charge on any atom is -0.477 e. The number of unbranched alkanes of at least 4 members (excludes halogenated alkanes) is 6. The topological polar surface area (TPSA) is 99.1 Å². The number of ether oxygens (including phenoxy) is 3. The fourth-order valence-electron chi connectivity index (χ4n) is 5.75. The molecule has 0 aromatic rings. The van der Waals surface area contributed by atoms with Crippen LogP contribution in [0.1, 0.15) is 142 Å². The van der Waals surface area contributed by atoms with Crippen LogP contribution in [0, 0.1) is 0 Å². The van der Waals surface area contributed by atoms with Gasteiger partial charge in [0, 0.05) is 19.3 Å². The van der Waals surface area contributed by atoms with Gasteiger partial charge in [0.2, 0.25) is 0 Å². The molecule has 0 aromatic heterocycles. The summed E-state index contributed by atoms with van der Waals surface area (Å²) >= 11 is 0. The normalized spacial score (nSPS) is 14.0. The number of aliphatic carboxylic acids is 1. The highest BCUT2D eigenvalue weighted by atomic mass is 16.6. The summed E-state index contributed by atoms with van der Waals surface area (Å²) in [4.78, 5) is 36.9. The molecule has 8 heteroatoms. The number of nitrogens with zero attached hydrogens (tertiary/aromatic N) is 1. The molecule has 332 valence electrons. The van der Waals surface area contributed by atoms with Gasteiger partial charge in [0.15, 0.2) is 12.1 Å². The van der Waals surface area contributed by atoms with Gasteiger partial charge in [0.25, 0.3) is 0 Å². The Morgan fingerprint density at radius 1 is 0.508 bits per heavy atom. The smallest absolute Gasteiger partial charge is 0.362 e. The predicted molar refractivity (Wildman–Crippen MR) is 247 cm³/mol. The highest BCUT2D eigenvalue weighted by molar-refractivity contribution is 5.72. The zero-order valence-electron chi connectivity index (χ0n) is 37.7. The number of carboxylic acids is 1. The molecule has 0 aromatic carbocycles. The molecule has 8 nitrogen and oxygen atoms in total. The molecule has 2 atom stereocenters. The highest BCUT2D eigenvalue weighted by Gasteiger charge is 2.31. The first-order valence-electron chi connectivity index (χ1n) is 22.4. The Kier molecular flexibility index (Phi) is 38.0.